The number of likely N-dealkylation sites (tertiary alicyclic amines) is 1. The highest BCUT2D eigenvalue weighted by Gasteiger charge is 2.35. The third kappa shape index (κ3) is 3.47. The molecule has 2 heterocycles. The standard InChI is InChI=1S/C18H24N4O/c1-21(17-9-8-14(11-19)12-20-17)13-18(23)22-10-4-7-16(22)15-5-2-3-6-15/h8-9,12,15-16H,2-7,10,13H2,1H3. The topological polar surface area (TPSA) is 60.2 Å². The van der Waals surface area contributed by atoms with Gasteiger partial charge in [0.05, 0.1) is 12.1 Å². The van der Waals surface area contributed by atoms with Crippen LogP contribution in [0.1, 0.15) is 44.1 Å². The van der Waals surface area contributed by atoms with E-state index >= 15 is 0 Å². The van der Waals surface area contributed by atoms with E-state index < -0.39 is 0 Å². The summed E-state index contributed by atoms with van der Waals surface area (Å²) in [6, 6.07) is 6.04. The molecule has 23 heavy (non-hydrogen) atoms. The van der Waals surface area contributed by atoms with E-state index in [1.807, 2.05) is 11.9 Å². The van der Waals surface area contributed by atoms with Gasteiger partial charge in [-0.1, -0.05) is 12.8 Å². The van der Waals surface area contributed by atoms with Gasteiger partial charge in [0.25, 0.3) is 0 Å². The van der Waals surface area contributed by atoms with Crippen molar-refractivity contribution in [1.29, 1.82) is 5.26 Å². The highest BCUT2D eigenvalue weighted by molar-refractivity contribution is 5.81. The molecule has 122 valence electrons. The van der Waals surface area contributed by atoms with Crippen molar-refractivity contribution in [3.63, 3.8) is 0 Å². The Balaban J connectivity index is 1.62. The molecular weight excluding hydrogens is 288 g/mol. The zero-order valence-corrected chi connectivity index (χ0v) is 13.7. The second-order valence-electron chi connectivity index (χ2n) is 6.71. The summed E-state index contributed by atoms with van der Waals surface area (Å²) in [5, 5.41) is 8.82. The molecule has 5 nitrogen and oxygen atoms in total. The third-order valence-electron chi connectivity index (χ3n) is 5.20. The summed E-state index contributed by atoms with van der Waals surface area (Å²) >= 11 is 0. The van der Waals surface area contributed by atoms with Gasteiger partial charge in [-0.15, -0.1) is 0 Å². The molecule has 1 aliphatic carbocycles. The number of carbonyl (C=O) groups excluding carboxylic acids is 1. The summed E-state index contributed by atoms with van der Waals surface area (Å²) in [5.41, 5.74) is 0.536. The van der Waals surface area contributed by atoms with Crippen molar-refractivity contribution >= 4 is 11.7 Å². The minimum absolute atomic E-state index is 0.202. The van der Waals surface area contributed by atoms with Crippen LogP contribution in [0.3, 0.4) is 0 Å². The lowest BCUT2D eigenvalue weighted by atomic mass is 9.96. The first-order valence-corrected chi connectivity index (χ1v) is 8.56. The molecule has 1 aliphatic heterocycles. The molecule has 1 amide bonds. The Morgan fingerprint density at radius 3 is 2.78 bits per heavy atom. The van der Waals surface area contributed by atoms with Gasteiger partial charge >= 0.3 is 0 Å². The SMILES string of the molecule is CN(CC(=O)N1CCCC1C1CCCC1)c1ccc(C#N)cn1. The van der Waals surface area contributed by atoms with E-state index in [1.165, 1.54) is 25.7 Å². The second kappa shape index (κ2) is 6.99. The maximum absolute atomic E-state index is 12.7. The Bertz CT molecular complexity index is 586. The monoisotopic (exact) mass is 312 g/mol. The maximum Gasteiger partial charge on any atom is 0.242 e. The van der Waals surface area contributed by atoms with Crippen LogP contribution in [-0.4, -0.2) is 42.0 Å². The minimum Gasteiger partial charge on any atom is -0.350 e. The Hall–Kier alpha value is -2.09. The maximum atomic E-state index is 12.7. The molecule has 2 aliphatic rings. The molecule has 1 unspecified atom stereocenters. The zero-order chi connectivity index (χ0) is 16.2. The van der Waals surface area contributed by atoms with Crippen LogP contribution in [0, 0.1) is 17.2 Å². The van der Waals surface area contributed by atoms with Crippen LogP contribution in [0.25, 0.3) is 0 Å². The normalized spacial score (nSPS) is 21.4. The Kier molecular flexibility index (Phi) is 4.80. The first-order chi connectivity index (χ1) is 11.2. The average molecular weight is 312 g/mol. The lowest BCUT2D eigenvalue weighted by Crippen LogP contribution is -2.44. The van der Waals surface area contributed by atoms with E-state index in [-0.39, 0.29) is 5.91 Å². The van der Waals surface area contributed by atoms with Crippen molar-refractivity contribution < 1.29 is 4.79 Å². The summed E-state index contributed by atoms with van der Waals surface area (Å²) in [6.45, 7) is 1.25. The van der Waals surface area contributed by atoms with Gasteiger partial charge in [0.15, 0.2) is 0 Å². The number of anilines is 1. The Labute approximate surface area is 137 Å². The van der Waals surface area contributed by atoms with Crippen molar-refractivity contribution in [1.82, 2.24) is 9.88 Å². The van der Waals surface area contributed by atoms with Crippen LogP contribution in [-0.2, 0) is 4.79 Å². The number of likely N-dealkylation sites (N-methyl/N-ethyl adjacent to an activating group) is 1. The van der Waals surface area contributed by atoms with E-state index in [0.29, 0.717) is 24.1 Å². The number of aromatic nitrogens is 1. The Morgan fingerprint density at radius 2 is 2.13 bits per heavy atom. The molecule has 1 atom stereocenters. The fourth-order valence-electron chi connectivity index (χ4n) is 3.99. The molecule has 1 aromatic rings. The van der Waals surface area contributed by atoms with E-state index in [0.717, 1.165) is 25.2 Å². The molecular formula is C18H24N4O. The van der Waals surface area contributed by atoms with Crippen LogP contribution >= 0.6 is 0 Å². The lowest BCUT2D eigenvalue weighted by molar-refractivity contribution is -0.131. The molecule has 0 spiro atoms. The number of hydrogen-bond donors (Lipinski definition) is 0. The van der Waals surface area contributed by atoms with Crippen molar-refractivity contribution in [2.24, 2.45) is 5.92 Å². The van der Waals surface area contributed by atoms with Crippen molar-refractivity contribution in [3.05, 3.63) is 23.9 Å². The lowest BCUT2D eigenvalue weighted by Gasteiger charge is -2.31. The first kappa shape index (κ1) is 15.8. The molecule has 1 aromatic heterocycles. The molecule has 0 bridgehead atoms. The summed E-state index contributed by atoms with van der Waals surface area (Å²) in [5.74, 6) is 1.64. The second-order valence-corrected chi connectivity index (χ2v) is 6.71. The Morgan fingerprint density at radius 1 is 1.35 bits per heavy atom. The number of carbonyl (C=O) groups is 1. The van der Waals surface area contributed by atoms with Gasteiger partial charge in [-0.25, -0.2) is 4.98 Å². The van der Waals surface area contributed by atoms with Gasteiger partial charge in [0, 0.05) is 25.8 Å². The predicted molar refractivity (Wildman–Crippen MR) is 88.9 cm³/mol. The van der Waals surface area contributed by atoms with E-state index in [9.17, 15) is 4.79 Å². The van der Waals surface area contributed by atoms with Crippen LogP contribution in [0.5, 0.6) is 0 Å². The van der Waals surface area contributed by atoms with Crippen LogP contribution in [0.4, 0.5) is 5.82 Å². The van der Waals surface area contributed by atoms with Crippen molar-refractivity contribution in [2.45, 2.75) is 44.6 Å². The molecule has 1 saturated carbocycles. The van der Waals surface area contributed by atoms with Crippen LogP contribution in [0.2, 0.25) is 0 Å². The summed E-state index contributed by atoms with van der Waals surface area (Å²) < 4.78 is 0. The number of nitriles is 1. The van der Waals surface area contributed by atoms with Gasteiger partial charge in [0.2, 0.25) is 5.91 Å². The van der Waals surface area contributed by atoms with Gasteiger partial charge in [-0.2, -0.15) is 5.26 Å². The average Bonchev–Trinajstić information content (AvgIpc) is 3.25. The van der Waals surface area contributed by atoms with E-state index in [2.05, 4.69) is 16.0 Å². The minimum atomic E-state index is 0.202. The number of nitrogens with zero attached hydrogens (tertiary/aromatic N) is 4. The molecule has 3 rings (SSSR count). The van der Waals surface area contributed by atoms with Gasteiger partial charge < -0.3 is 9.80 Å². The molecule has 0 N–H and O–H groups in total. The van der Waals surface area contributed by atoms with Gasteiger partial charge in [-0.05, 0) is 43.7 Å². The molecule has 2 fully saturated rings. The zero-order valence-electron chi connectivity index (χ0n) is 13.7. The van der Waals surface area contributed by atoms with E-state index in [4.69, 9.17) is 5.26 Å². The quantitative estimate of drug-likeness (QED) is 0.857. The number of hydrogen-bond acceptors (Lipinski definition) is 4. The van der Waals surface area contributed by atoms with Crippen LogP contribution < -0.4 is 4.90 Å². The largest absolute Gasteiger partial charge is 0.350 e. The third-order valence-corrected chi connectivity index (χ3v) is 5.20. The molecule has 5 heteroatoms. The smallest absolute Gasteiger partial charge is 0.242 e. The summed E-state index contributed by atoms with van der Waals surface area (Å²) in [7, 11) is 1.88. The van der Waals surface area contributed by atoms with Crippen molar-refractivity contribution in [3.8, 4) is 6.07 Å². The van der Waals surface area contributed by atoms with Crippen LogP contribution in [0.15, 0.2) is 18.3 Å². The summed E-state index contributed by atoms with van der Waals surface area (Å²) in [6.07, 6.45) is 9.04. The molecule has 0 aromatic carbocycles. The fourth-order valence-corrected chi connectivity index (χ4v) is 3.99. The molecule has 0 radical (unpaired) electrons. The highest BCUT2D eigenvalue weighted by atomic mass is 16.2. The van der Waals surface area contributed by atoms with Gasteiger partial charge in [-0.3, -0.25) is 4.79 Å². The first-order valence-electron chi connectivity index (χ1n) is 8.56. The highest BCUT2D eigenvalue weighted by Crippen LogP contribution is 2.35. The summed E-state index contributed by atoms with van der Waals surface area (Å²) in [4.78, 5) is 21.0. The number of pyridine rings is 1. The number of amides is 1. The van der Waals surface area contributed by atoms with E-state index in [1.54, 1.807) is 18.3 Å². The van der Waals surface area contributed by atoms with Crippen molar-refractivity contribution in [2.75, 3.05) is 25.0 Å². The number of rotatable bonds is 4. The predicted octanol–water partition coefficient (Wildman–Crippen LogP) is 2.57. The fraction of sp³-hybridized carbons (Fsp3) is 0.611. The van der Waals surface area contributed by atoms with Gasteiger partial charge in [0.1, 0.15) is 11.9 Å². The molecule has 1 saturated heterocycles.